The summed E-state index contributed by atoms with van der Waals surface area (Å²) in [4.78, 5) is 29.8. The Morgan fingerprint density at radius 2 is 1.96 bits per heavy atom. The molecule has 0 bridgehead atoms. The molecule has 0 aromatic carbocycles. The first-order chi connectivity index (χ1) is 11.7. The first-order valence-corrected chi connectivity index (χ1v) is 9.12. The number of carbonyl (C=O) groups excluding carboxylic acids is 2. The molecule has 3 rings (SSSR count). The van der Waals surface area contributed by atoms with Crippen molar-refractivity contribution in [1.82, 2.24) is 10.3 Å². The van der Waals surface area contributed by atoms with Gasteiger partial charge in [0.2, 0.25) is 5.91 Å². The highest BCUT2D eigenvalue weighted by Crippen LogP contribution is 2.38. The third-order valence-corrected chi connectivity index (χ3v) is 5.38. The lowest BCUT2D eigenvalue weighted by Gasteiger charge is -2.13. The molecule has 0 radical (unpaired) electrons. The van der Waals surface area contributed by atoms with Gasteiger partial charge in [-0.1, -0.05) is 6.92 Å². The first kappa shape index (κ1) is 16.6. The SMILES string of the molecule is CCC(=O)Nc1sc2c(c1C(=O)NCc1ccncc1)CCCC2. The van der Waals surface area contributed by atoms with E-state index < -0.39 is 0 Å². The highest BCUT2D eigenvalue weighted by atomic mass is 32.1. The summed E-state index contributed by atoms with van der Waals surface area (Å²) >= 11 is 1.55. The second kappa shape index (κ2) is 7.57. The summed E-state index contributed by atoms with van der Waals surface area (Å²) in [5.41, 5.74) is 2.78. The summed E-state index contributed by atoms with van der Waals surface area (Å²) < 4.78 is 0. The van der Waals surface area contributed by atoms with Crippen LogP contribution in [0, 0.1) is 0 Å². The zero-order chi connectivity index (χ0) is 16.9. The molecule has 0 unspecified atom stereocenters. The van der Waals surface area contributed by atoms with Gasteiger partial charge in [-0.25, -0.2) is 0 Å². The summed E-state index contributed by atoms with van der Waals surface area (Å²) in [7, 11) is 0. The maximum atomic E-state index is 12.8. The van der Waals surface area contributed by atoms with Crippen molar-refractivity contribution in [2.24, 2.45) is 0 Å². The zero-order valence-corrected chi connectivity index (χ0v) is 14.5. The number of carbonyl (C=O) groups is 2. The maximum absolute atomic E-state index is 12.8. The van der Waals surface area contributed by atoms with Crippen LogP contribution in [0.5, 0.6) is 0 Å². The molecule has 0 fully saturated rings. The van der Waals surface area contributed by atoms with Gasteiger partial charge in [-0.05, 0) is 48.9 Å². The molecule has 0 saturated heterocycles. The van der Waals surface area contributed by atoms with Crippen LogP contribution in [0.1, 0.15) is 52.5 Å². The Kier molecular flexibility index (Phi) is 5.25. The average Bonchev–Trinajstić information content (AvgIpc) is 2.98. The summed E-state index contributed by atoms with van der Waals surface area (Å²) in [5.74, 6) is -0.172. The quantitative estimate of drug-likeness (QED) is 0.875. The van der Waals surface area contributed by atoms with Gasteiger partial charge in [-0.3, -0.25) is 14.6 Å². The summed E-state index contributed by atoms with van der Waals surface area (Å²) in [6.45, 7) is 2.26. The number of amides is 2. The van der Waals surface area contributed by atoms with Crippen LogP contribution >= 0.6 is 11.3 Å². The van der Waals surface area contributed by atoms with Gasteiger partial charge in [0, 0.05) is 30.2 Å². The molecular weight excluding hydrogens is 322 g/mol. The van der Waals surface area contributed by atoms with E-state index in [1.807, 2.05) is 19.1 Å². The number of aryl methyl sites for hydroxylation is 1. The molecule has 1 aliphatic rings. The Bertz CT molecular complexity index is 740. The van der Waals surface area contributed by atoms with E-state index in [4.69, 9.17) is 0 Å². The van der Waals surface area contributed by atoms with Crippen LogP contribution in [0.3, 0.4) is 0 Å². The first-order valence-electron chi connectivity index (χ1n) is 8.30. The highest BCUT2D eigenvalue weighted by molar-refractivity contribution is 7.17. The van der Waals surface area contributed by atoms with Gasteiger partial charge in [0.05, 0.1) is 5.56 Å². The molecule has 1 aliphatic carbocycles. The second-order valence-corrected chi connectivity index (χ2v) is 6.96. The topological polar surface area (TPSA) is 71.1 Å². The van der Waals surface area contributed by atoms with E-state index in [0.717, 1.165) is 36.8 Å². The van der Waals surface area contributed by atoms with Crippen LogP contribution in [-0.4, -0.2) is 16.8 Å². The van der Waals surface area contributed by atoms with Crippen LogP contribution in [0.15, 0.2) is 24.5 Å². The minimum Gasteiger partial charge on any atom is -0.348 e. The van der Waals surface area contributed by atoms with Crippen molar-refractivity contribution < 1.29 is 9.59 Å². The summed E-state index contributed by atoms with van der Waals surface area (Å²) in [6, 6.07) is 3.76. The Balaban J connectivity index is 1.82. The van der Waals surface area contributed by atoms with Gasteiger partial charge in [0.25, 0.3) is 5.91 Å². The molecule has 0 aliphatic heterocycles. The number of hydrogen-bond acceptors (Lipinski definition) is 4. The minimum atomic E-state index is -0.113. The molecule has 2 N–H and O–H groups in total. The van der Waals surface area contributed by atoms with Crippen LogP contribution in [0.2, 0.25) is 0 Å². The molecular formula is C18H21N3O2S. The average molecular weight is 343 g/mol. The summed E-state index contributed by atoms with van der Waals surface area (Å²) in [6.07, 6.45) is 7.96. The van der Waals surface area contributed by atoms with Crippen LogP contribution < -0.4 is 10.6 Å². The van der Waals surface area contributed by atoms with E-state index in [1.165, 1.54) is 4.88 Å². The molecule has 6 heteroatoms. The molecule has 126 valence electrons. The van der Waals surface area contributed by atoms with E-state index in [9.17, 15) is 9.59 Å². The van der Waals surface area contributed by atoms with Gasteiger partial charge >= 0.3 is 0 Å². The van der Waals surface area contributed by atoms with Crippen molar-refractivity contribution in [2.45, 2.75) is 45.6 Å². The fourth-order valence-corrected chi connectivity index (χ4v) is 4.18. The molecule has 2 amide bonds. The van der Waals surface area contributed by atoms with E-state index >= 15 is 0 Å². The number of hydrogen-bond donors (Lipinski definition) is 2. The van der Waals surface area contributed by atoms with E-state index in [-0.39, 0.29) is 11.8 Å². The van der Waals surface area contributed by atoms with Crippen molar-refractivity contribution in [3.05, 3.63) is 46.1 Å². The highest BCUT2D eigenvalue weighted by Gasteiger charge is 2.26. The largest absolute Gasteiger partial charge is 0.348 e. The zero-order valence-electron chi connectivity index (χ0n) is 13.7. The van der Waals surface area contributed by atoms with E-state index in [1.54, 1.807) is 23.7 Å². The van der Waals surface area contributed by atoms with Gasteiger partial charge < -0.3 is 10.6 Å². The molecule has 2 aromatic rings. The fourth-order valence-electron chi connectivity index (χ4n) is 2.88. The lowest BCUT2D eigenvalue weighted by atomic mass is 9.95. The Morgan fingerprint density at radius 3 is 2.71 bits per heavy atom. The van der Waals surface area contributed by atoms with E-state index in [2.05, 4.69) is 15.6 Å². The third kappa shape index (κ3) is 3.64. The fraction of sp³-hybridized carbons (Fsp3) is 0.389. The molecule has 0 saturated carbocycles. The van der Waals surface area contributed by atoms with Gasteiger partial charge in [0.15, 0.2) is 0 Å². The van der Waals surface area contributed by atoms with Crippen molar-refractivity contribution in [1.29, 1.82) is 0 Å². The lowest BCUT2D eigenvalue weighted by molar-refractivity contribution is -0.115. The minimum absolute atomic E-state index is 0.0585. The normalized spacial score (nSPS) is 13.2. The number of pyridine rings is 1. The number of fused-ring (bicyclic) bond motifs is 1. The van der Waals surface area contributed by atoms with Gasteiger partial charge in [-0.2, -0.15) is 0 Å². The monoisotopic (exact) mass is 343 g/mol. The number of aromatic nitrogens is 1. The summed E-state index contributed by atoms with van der Waals surface area (Å²) in [5, 5.41) is 6.57. The molecule has 2 heterocycles. The standard InChI is InChI=1S/C18H21N3O2S/c1-2-15(22)21-18-16(13-5-3-4-6-14(13)24-18)17(23)20-11-12-7-9-19-10-8-12/h7-10H,2-6,11H2,1H3,(H,20,23)(H,21,22). The Hall–Kier alpha value is -2.21. The van der Waals surface area contributed by atoms with Crippen molar-refractivity contribution in [2.75, 3.05) is 5.32 Å². The number of thiophene rings is 1. The van der Waals surface area contributed by atoms with Crippen LogP contribution in [-0.2, 0) is 24.2 Å². The molecule has 5 nitrogen and oxygen atoms in total. The predicted octanol–water partition coefficient (Wildman–Crippen LogP) is 3.30. The molecule has 24 heavy (non-hydrogen) atoms. The van der Waals surface area contributed by atoms with Crippen LogP contribution in [0.25, 0.3) is 0 Å². The van der Waals surface area contributed by atoms with Gasteiger partial charge in [-0.15, -0.1) is 11.3 Å². The van der Waals surface area contributed by atoms with E-state index in [0.29, 0.717) is 23.5 Å². The maximum Gasteiger partial charge on any atom is 0.254 e. The van der Waals surface area contributed by atoms with Crippen molar-refractivity contribution >= 4 is 28.2 Å². The number of anilines is 1. The Morgan fingerprint density at radius 1 is 1.21 bits per heavy atom. The third-order valence-electron chi connectivity index (χ3n) is 4.17. The second-order valence-electron chi connectivity index (χ2n) is 5.85. The van der Waals surface area contributed by atoms with Crippen molar-refractivity contribution in [3.8, 4) is 0 Å². The number of rotatable bonds is 5. The molecule has 0 atom stereocenters. The van der Waals surface area contributed by atoms with Crippen molar-refractivity contribution in [3.63, 3.8) is 0 Å². The van der Waals surface area contributed by atoms with Crippen LogP contribution in [0.4, 0.5) is 5.00 Å². The lowest BCUT2D eigenvalue weighted by Crippen LogP contribution is -2.25. The predicted molar refractivity (Wildman–Crippen MR) is 95.3 cm³/mol. The number of nitrogens with zero attached hydrogens (tertiary/aromatic N) is 1. The smallest absolute Gasteiger partial charge is 0.254 e. The van der Waals surface area contributed by atoms with Gasteiger partial charge in [0.1, 0.15) is 5.00 Å². The molecule has 2 aromatic heterocycles. The number of nitrogens with one attached hydrogen (secondary N) is 2. The Labute approximate surface area is 145 Å². The molecule has 0 spiro atoms.